The molecule has 7 heteroatoms. The van der Waals surface area contributed by atoms with Crippen LogP contribution in [0.25, 0.3) is 0 Å². The van der Waals surface area contributed by atoms with E-state index in [1.165, 1.54) is 0 Å². The molecular formula is C8H9NO5S. The summed E-state index contributed by atoms with van der Waals surface area (Å²) in [4.78, 5) is 14.2. The van der Waals surface area contributed by atoms with Gasteiger partial charge in [-0.2, -0.15) is 0 Å². The second kappa shape index (κ2) is 3.34. The van der Waals surface area contributed by atoms with Crippen molar-refractivity contribution in [2.75, 3.05) is 5.75 Å². The van der Waals surface area contributed by atoms with Crippen molar-refractivity contribution in [2.45, 2.75) is 18.1 Å². The minimum absolute atomic E-state index is 0.00935. The zero-order valence-corrected chi connectivity index (χ0v) is 8.53. The molecule has 0 radical (unpaired) electrons. The third-order valence-corrected chi connectivity index (χ3v) is 4.50. The molecule has 0 aliphatic carbocycles. The highest BCUT2D eigenvalue weighted by molar-refractivity contribution is 7.91. The van der Waals surface area contributed by atoms with E-state index < -0.39 is 21.1 Å². The average Bonchev–Trinajstić information content (AvgIpc) is 2.69. The van der Waals surface area contributed by atoms with Crippen LogP contribution in [0.15, 0.2) is 10.6 Å². The van der Waals surface area contributed by atoms with Crippen LogP contribution in [0.1, 0.15) is 34.5 Å². The topological polar surface area (TPSA) is 97.5 Å². The van der Waals surface area contributed by atoms with E-state index in [9.17, 15) is 13.2 Å². The Bertz CT molecular complexity index is 489. The normalized spacial score (nSPS) is 24.1. The number of nitrogens with zero attached hydrogens (tertiary/aromatic N) is 1. The van der Waals surface area contributed by atoms with Gasteiger partial charge in [0.2, 0.25) is 11.7 Å². The quantitative estimate of drug-likeness (QED) is 0.801. The molecule has 0 aromatic carbocycles. The van der Waals surface area contributed by atoms with Crippen molar-refractivity contribution in [1.29, 1.82) is 0 Å². The van der Waals surface area contributed by atoms with Gasteiger partial charge >= 0.3 is 5.97 Å². The van der Waals surface area contributed by atoms with Gasteiger partial charge in [0.25, 0.3) is 0 Å². The number of aromatic nitrogens is 1. The number of hydrogen-bond acceptors (Lipinski definition) is 5. The monoisotopic (exact) mass is 231 g/mol. The van der Waals surface area contributed by atoms with Crippen molar-refractivity contribution in [3.63, 3.8) is 0 Å². The van der Waals surface area contributed by atoms with E-state index in [4.69, 9.17) is 9.52 Å². The third kappa shape index (κ3) is 1.74. The zero-order chi connectivity index (χ0) is 11.1. The third-order valence-electron chi connectivity index (χ3n) is 2.34. The maximum atomic E-state index is 11.5. The Labute approximate surface area is 85.8 Å². The summed E-state index contributed by atoms with van der Waals surface area (Å²) in [6, 6.07) is 0. The second-order valence-corrected chi connectivity index (χ2v) is 5.67. The SMILES string of the molecule is O=C(O)c1cnc(C2CCCS2(=O)=O)o1. The highest BCUT2D eigenvalue weighted by Crippen LogP contribution is 2.33. The molecule has 1 unspecified atom stereocenters. The molecule has 1 aliphatic heterocycles. The lowest BCUT2D eigenvalue weighted by Crippen LogP contribution is -2.08. The van der Waals surface area contributed by atoms with Crippen LogP contribution in [0.4, 0.5) is 0 Å². The summed E-state index contributed by atoms with van der Waals surface area (Å²) in [6.45, 7) is 0. The Morgan fingerprint density at radius 2 is 2.33 bits per heavy atom. The lowest BCUT2D eigenvalue weighted by Gasteiger charge is -2.02. The number of sulfone groups is 1. The van der Waals surface area contributed by atoms with Gasteiger partial charge < -0.3 is 9.52 Å². The summed E-state index contributed by atoms with van der Waals surface area (Å²) in [6.07, 6.45) is 2.05. The first-order valence-electron chi connectivity index (χ1n) is 4.41. The van der Waals surface area contributed by atoms with E-state index >= 15 is 0 Å². The van der Waals surface area contributed by atoms with Crippen LogP contribution in [-0.4, -0.2) is 30.2 Å². The van der Waals surface area contributed by atoms with Crippen LogP contribution in [0.3, 0.4) is 0 Å². The van der Waals surface area contributed by atoms with E-state index in [-0.39, 0.29) is 17.4 Å². The second-order valence-electron chi connectivity index (χ2n) is 3.37. The number of carboxylic acids is 1. The van der Waals surface area contributed by atoms with E-state index in [0.717, 1.165) is 6.20 Å². The average molecular weight is 231 g/mol. The van der Waals surface area contributed by atoms with E-state index in [2.05, 4.69) is 4.98 Å². The first-order chi connectivity index (χ1) is 7.00. The summed E-state index contributed by atoms with van der Waals surface area (Å²) in [5, 5.41) is 7.82. The molecule has 1 N–H and O–H groups in total. The molecule has 0 bridgehead atoms. The van der Waals surface area contributed by atoms with Crippen molar-refractivity contribution >= 4 is 15.8 Å². The van der Waals surface area contributed by atoms with Gasteiger partial charge in [-0.3, -0.25) is 0 Å². The van der Waals surface area contributed by atoms with Gasteiger partial charge in [-0.1, -0.05) is 0 Å². The van der Waals surface area contributed by atoms with Gasteiger partial charge in [-0.15, -0.1) is 0 Å². The Hall–Kier alpha value is -1.37. The highest BCUT2D eigenvalue weighted by atomic mass is 32.2. The number of carboxylic acid groups (broad SMARTS) is 1. The van der Waals surface area contributed by atoms with Crippen LogP contribution < -0.4 is 0 Å². The first kappa shape index (κ1) is 10.2. The Morgan fingerprint density at radius 3 is 2.80 bits per heavy atom. The summed E-state index contributed by atoms with van der Waals surface area (Å²) in [5.74, 6) is -1.47. The minimum Gasteiger partial charge on any atom is -0.475 e. The number of oxazole rings is 1. The van der Waals surface area contributed by atoms with E-state index in [0.29, 0.717) is 12.8 Å². The number of aromatic carboxylic acids is 1. The fourth-order valence-electron chi connectivity index (χ4n) is 1.60. The van der Waals surface area contributed by atoms with E-state index in [1.807, 2.05) is 0 Å². The predicted molar refractivity (Wildman–Crippen MR) is 49.2 cm³/mol. The summed E-state index contributed by atoms with van der Waals surface area (Å²) >= 11 is 0. The van der Waals surface area contributed by atoms with Gasteiger partial charge in [0, 0.05) is 0 Å². The molecule has 2 rings (SSSR count). The van der Waals surface area contributed by atoms with Gasteiger partial charge in [0.05, 0.1) is 11.9 Å². The van der Waals surface area contributed by atoms with Crippen LogP contribution in [0, 0.1) is 0 Å². The molecule has 1 saturated heterocycles. The number of hydrogen-bond donors (Lipinski definition) is 1. The molecular weight excluding hydrogens is 222 g/mol. The molecule has 15 heavy (non-hydrogen) atoms. The van der Waals surface area contributed by atoms with E-state index in [1.54, 1.807) is 0 Å². The van der Waals surface area contributed by atoms with Crippen LogP contribution >= 0.6 is 0 Å². The zero-order valence-electron chi connectivity index (χ0n) is 7.71. The molecule has 1 aliphatic rings. The van der Waals surface area contributed by atoms with Crippen molar-refractivity contribution in [2.24, 2.45) is 0 Å². The predicted octanol–water partition coefficient (Wildman–Crippen LogP) is 0.623. The van der Waals surface area contributed by atoms with Crippen molar-refractivity contribution in [3.8, 4) is 0 Å². The van der Waals surface area contributed by atoms with Crippen LogP contribution in [0.5, 0.6) is 0 Å². The van der Waals surface area contributed by atoms with Crippen molar-refractivity contribution in [1.82, 2.24) is 4.98 Å². The first-order valence-corrected chi connectivity index (χ1v) is 6.13. The molecule has 82 valence electrons. The lowest BCUT2D eigenvalue weighted by molar-refractivity contribution is 0.0660. The molecule has 1 aromatic rings. The Kier molecular flexibility index (Phi) is 2.26. The fraction of sp³-hybridized carbons (Fsp3) is 0.500. The number of carbonyl (C=O) groups is 1. The summed E-state index contributed by atoms with van der Waals surface area (Å²) in [5.41, 5.74) is 0. The number of rotatable bonds is 2. The lowest BCUT2D eigenvalue weighted by atomic mass is 10.2. The largest absolute Gasteiger partial charge is 0.475 e. The Morgan fingerprint density at radius 1 is 1.60 bits per heavy atom. The summed E-state index contributed by atoms with van der Waals surface area (Å²) in [7, 11) is -3.20. The minimum atomic E-state index is -3.20. The molecule has 1 aromatic heterocycles. The highest BCUT2D eigenvalue weighted by Gasteiger charge is 2.36. The summed E-state index contributed by atoms with van der Waals surface area (Å²) < 4.78 is 27.9. The standard InChI is InChI=1S/C8H9NO5S/c10-8(11)5-4-9-7(14-5)6-2-1-3-15(6,12)13/h4,6H,1-3H2,(H,10,11). The molecule has 2 heterocycles. The molecule has 0 spiro atoms. The smallest absolute Gasteiger partial charge is 0.373 e. The van der Waals surface area contributed by atoms with Gasteiger partial charge in [-0.05, 0) is 12.8 Å². The van der Waals surface area contributed by atoms with Gasteiger partial charge in [0.1, 0.15) is 5.25 Å². The Balaban J connectivity index is 2.34. The van der Waals surface area contributed by atoms with Gasteiger partial charge in [-0.25, -0.2) is 18.2 Å². The molecule has 1 fully saturated rings. The van der Waals surface area contributed by atoms with Crippen LogP contribution in [0.2, 0.25) is 0 Å². The fourth-order valence-corrected chi connectivity index (χ4v) is 3.40. The van der Waals surface area contributed by atoms with Crippen LogP contribution in [-0.2, 0) is 9.84 Å². The van der Waals surface area contributed by atoms with Crippen molar-refractivity contribution in [3.05, 3.63) is 17.8 Å². The molecule has 1 atom stereocenters. The maximum absolute atomic E-state index is 11.5. The molecule has 6 nitrogen and oxygen atoms in total. The van der Waals surface area contributed by atoms with Crippen molar-refractivity contribution < 1.29 is 22.7 Å². The van der Waals surface area contributed by atoms with Gasteiger partial charge in [0.15, 0.2) is 9.84 Å². The maximum Gasteiger partial charge on any atom is 0.373 e. The molecule has 0 amide bonds. The molecule has 0 saturated carbocycles.